The Labute approximate surface area is 138 Å². The first-order valence-electron chi connectivity index (χ1n) is 7.41. The second-order valence-corrected chi connectivity index (χ2v) is 5.51. The monoisotopic (exact) mass is 313 g/mol. The molecule has 5 heteroatoms. The third-order valence-electron chi connectivity index (χ3n) is 3.64. The Morgan fingerprint density at radius 1 is 0.609 bits per heavy atom. The Morgan fingerprint density at radius 2 is 0.913 bits per heavy atom. The van der Waals surface area contributed by atoms with E-state index in [4.69, 9.17) is 18.8 Å². The first-order chi connectivity index (χ1) is 11.0. The standard InChI is InChI=1S/C18H22BO4/c1-11-7-15(8-12(2)17(11)20-5)22-19-23-16-9-13(3)18(21-6)14(4)10-16/h7-10H,1-6H3. The zero-order chi connectivity index (χ0) is 17.0. The molecule has 2 aromatic rings. The van der Waals surface area contributed by atoms with Gasteiger partial charge >= 0.3 is 7.69 Å². The van der Waals surface area contributed by atoms with Crippen molar-refractivity contribution in [1.82, 2.24) is 0 Å². The molecule has 0 aromatic heterocycles. The van der Waals surface area contributed by atoms with Crippen LogP contribution in [0.3, 0.4) is 0 Å². The van der Waals surface area contributed by atoms with Gasteiger partial charge in [0.05, 0.1) is 14.2 Å². The molecular formula is C18H22BO4. The van der Waals surface area contributed by atoms with Crippen LogP contribution in [0.4, 0.5) is 0 Å². The van der Waals surface area contributed by atoms with Crippen molar-refractivity contribution >= 4 is 7.69 Å². The zero-order valence-electron chi connectivity index (χ0n) is 14.5. The Kier molecular flexibility index (Phi) is 5.43. The van der Waals surface area contributed by atoms with Crippen LogP contribution in [0.2, 0.25) is 0 Å². The highest BCUT2D eigenvalue weighted by Gasteiger charge is 2.10. The molecule has 0 saturated heterocycles. The molecule has 0 atom stereocenters. The third kappa shape index (κ3) is 3.92. The minimum atomic E-state index is 0.711. The number of hydrogen-bond donors (Lipinski definition) is 0. The summed E-state index contributed by atoms with van der Waals surface area (Å²) in [5.74, 6) is 3.17. The molecule has 0 spiro atoms. The van der Waals surface area contributed by atoms with Crippen LogP contribution in [0.15, 0.2) is 24.3 Å². The summed E-state index contributed by atoms with van der Waals surface area (Å²) in [5, 5.41) is 0. The number of ether oxygens (including phenoxy) is 2. The van der Waals surface area contributed by atoms with Crippen LogP contribution in [-0.2, 0) is 0 Å². The van der Waals surface area contributed by atoms with Gasteiger partial charge in [-0.25, -0.2) is 0 Å². The van der Waals surface area contributed by atoms with Gasteiger partial charge in [0.25, 0.3) is 0 Å². The largest absolute Gasteiger partial charge is 0.658 e. The fourth-order valence-corrected chi connectivity index (χ4v) is 2.74. The van der Waals surface area contributed by atoms with Crippen molar-refractivity contribution in [3.63, 3.8) is 0 Å². The van der Waals surface area contributed by atoms with E-state index < -0.39 is 0 Å². The predicted molar refractivity (Wildman–Crippen MR) is 91.9 cm³/mol. The fraction of sp³-hybridized carbons (Fsp3) is 0.333. The number of methoxy groups -OCH3 is 2. The maximum atomic E-state index is 5.57. The lowest BCUT2D eigenvalue weighted by atomic mass is 10.1. The van der Waals surface area contributed by atoms with Gasteiger partial charge in [0.15, 0.2) is 0 Å². The van der Waals surface area contributed by atoms with Gasteiger partial charge in [-0.2, -0.15) is 0 Å². The third-order valence-corrected chi connectivity index (χ3v) is 3.64. The van der Waals surface area contributed by atoms with Crippen molar-refractivity contribution in [1.29, 1.82) is 0 Å². The lowest BCUT2D eigenvalue weighted by Gasteiger charge is -2.14. The van der Waals surface area contributed by atoms with Gasteiger partial charge in [-0.05, 0) is 74.2 Å². The Balaban J connectivity index is 2.03. The quantitative estimate of drug-likeness (QED) is 0.757. The number of hydrogen-bond acceptors (Lipinski definition) is 4. The SMILES string of the molecule is COc1c(C)cc(O[B]Oc2cc(C)c(OC)c(C)c2)cc1C. The summed E-state index contributed by atoms with van der Waals surface area (Å²) in [6, 6.07) is 7.65. The maximum absolute atomic E-state index is 5.57. The highest BCUT2D eigenvalue weighted by Crippen LogP contribution is 2.29. The first kappa shape index (κ1) is 17.1. The Bertz CT molecular complexity index is 592. The first-order valence-corrected chi connectivity index (χ1v) is 7.41. The summed E-state index contributed by atoms with van der Waals surface area (Å²) in [7, 11) is 4.67. The van der Waals surface area contributed by atoms with Gasteiger partial charge in [-0.1, -0.05) is 0 Å². The van der Waals surface area contributed by atoms with Gasteiger partial charge in [-0.15, -0.1) is 0 Å². The van der Waals surface area contributed by atoms with E-state index in [-0.39, 0.29) is 0 Å². The summed E-state index contributed by atoms with van der Waals surface area (Å²) in [5.41, 5.74) is 4.08. The van der Waals surface area contributed by atoms with E-state index in [1.54, 1.807) is 14.2 Å². The molecular weight excluding hydrogens is 291 g/mol. The van der Waals surface area contributed by atoms with Crippen LogP contribution in [0.25, 0.3) is 0 Å². The van der Waals surface area contributed by atoms with Gasteiger partial charge in [0, 0.05) is 0 Å². The second-order valence-electron chi connectivity index (χ2n) is 5.51. The molecule has 0 fully saturated rings. The number of benzene rings is 2. The topological polar surface area (TPSA) is 36.9 Å². The Morgan fingerprint density at radius 3 is 1.17 bits per heavy atom. The highest BCUT2D eigenvalue weighted by atomic mass is 16.6. The molecule has 4 nitrogen and oxygen atoms in total. The van der Waals surface area contributed by atoms with Crippen molar-refractivity contribution in [2.75, 3.05) is 14.2 Å². The lowest BCUT2D eigenvalue weighted by molar-refractivity contribution is 0.405. The maximum Gasteiger partial charge on any atom is 0.658 e. The smallest absolute Gasteiger partial charge is 0.526 e. The van der Waals surface area contributed by atoms with E-state index in [1.165, 1.54) is 7.69 Å². The van der Waals surface area contributed by atoms with Crippen molar-refractivity contribution in [2.45, 2.75) is 27.7 Å². The van der Waals surface area contributed by atoms with Gasteiger partial charge < -0.3 is 18.8 Å². The van der Waals surface area contributed by atoms with E-state index in [0.29, 0.717) is 11.5 Å². The minimum absolute atomic E-state index is 0.711. The van der Waals surface area contributed by atoms with E-state index >= 15 is 0 Å². The molecule has 121 valence electrons. The number of aryl methyl sites for hydroxylation is 4. The van der Waals surface area contributed by atoms with E-state index in [2.05, 4.69) is 0 Å². The van der Waals surface area contributed by atoms with Crippen molar-refractivity contribution in [3.8, 4) is 23.0 Å². The van der Waals surface area contributed by atoms with Gasteiger partial charge in [-0.3, -0.25) is 0 Å². The van der Waals surface area contributed by atoms with Crippen LogP contribution < -0.4 is 18.8 Å². The summed E-state index contributed by atoms with van der Waals surface area (Å²) in [6.07, 6.45) is 0. The zero-order valence-corrected chi connectivity index (χ0v) is 14.5. The molecule has 0 aliphatic heterocycles. The van der Waals surface area contributed by atoms with Crippen LogP contribution in [0.5, 0.6) is 23.0 Å². The molecule has 0 aliphatic carbocycles. The van der Waals surface area contributed by atoms with Crippen molar-refractivity contribution < 1.29 is 18.8 Å². The van der Waals surface area contributed by atoms with Gasteiger partial charge in [0.1, 0.15) is 23.0 Å². The summed E-state index contributed by atoms with van der Waals surface area (Å²) in [6.45, 7) is 7.93. The molecule has 23 heavy (non-hydrogen) atoms. The average Bonchev–Trinajstić information content (AvgIpc) is 2.46. The average molecular weight is 313 g/mol. The number of rotatable bonds is 6. The molecule has 0 bridgehead atoms. The summed E-state index contributed by atoms with van der Waals surface area (Å²) >= 11 is 0. The molecule has 0 heterocycles. The molecule has 0 amide bonds. The lowest BCUT2D eigenvalue weighted by Crippen LogP contribution is -2.11. The van der Waals surface area contributed by atoms with Crippen LogP contribution >= 0.6 is 0 Å². The second kappa shape index (κ2) is 7.31. The van der Waals surface area contributed by atoms with E-state index in [0.717, 1.165) is 33.8 Å². The molecule has 0 aliphatic rings. The normalized spacial score (nSPS) is 10.2. The van der Waals surface area contributed by atoms with Crippen LogP contribution in [-0.4, -0.2) is 21.9 Å². The Hall–Kier alpha value is -2.30. The fourth-order valence-electron chi connectivity index (χ4n) is 2.74. The van der Waals surface area contributed by atoms with Crippen LogP contribution in [0, 0.1) is 27.7 Å². The summed E-state index contributed by atoms with van der Waals surface area (Å²) < 4.78 is 21.8. The van der Waals surface area contributed by atoms with Crippen molar-refractivity contribution in [3.05, 3.63) is 46.5 Å². The van der Waals surface area contributed by atoms with Crippen LogP contribution in [0.1, 0.15) is 22.3 Å². The molecule has 1 radical (unpaired) electrons. The molecule has 0 unspecified atom stereocenters. The van der Waals surface area contributed by atoms with Crippen molar-refractivity contribution in [2.24, 2.45) is 0 Å². The predicted octanol–water partition coefficient (Wildman–Crippen LogP) is 3.93. The molecule has 0 saturated carbocycles. The van der Waals surface area contributed by atoms with E-state index in [1.807, 2.05) is 52.0 Å². The van der Waals surface area contributed by atoms with Gasteiger partial charge in [0.2, 0.25) is 0 Å². The molecule has 0 N–H and O–H groups in total. The summed E-state index contributed by atoms with van der Waals surface area (Å²) in [4.78, 5) is 0. The molecule has 2 rings (SSSR count). The molecule has 2 aromatic carbocycles. The van der Waals surface area contributed by atoms with E-state index in [9.17, 15) is 0 Å². The minimum Gasteiger partial charge on any atom is -0.526 e. The highest BCUT2D eigenvalue weighted by molar-refractivity contribution is 6.20.